The van der Waals surface area contributed by atoms with Crippen molar-refractivity contribution in [3.63, 3.8) is 0 Å². The minimum absolute atomic E-state index is 0. The molecule has 0 unspecified atom stereocenters. The molecule has 2 heteroatoms. The monoisotopic (exact) mass is 168 g/mol. The normalized spacial score (nSPS) is 8.33. The quantitative estimate of drug-likeness (QED) is 0.254. The molecule has 0 nitrogen and oxygen atoms in total. The molecule has 0 radical (unpaired) electrons. The van der Waals surface area contributed by atoms with E-state index < -0.39 is 0 Å². The maximum atomic E-state index is 6.86. The van der Waals surface area contributed by atoms with E-state index in [1.54, 1.807) is 11.8 Å². The standard InChI is InChI=1S/C10H9S.Li/c1-3-9-5-7-10(8-6-9)11-4-2;/h5-8H,4H2,2H3;/q-1;+1. The van der Waals surface area contributed by atoms with E-state index in [1.165, 1.54) is 4.90 Å². The number of hydrogen-bond acceptors (Lipinski definition) is 1. The van der Waals surface area contributed by atoms with Crippen molar-refractivity contribution < 1.29 is 18.9 Å². The van der Waals surface area contributed by atoms with E-state index >= 15 is 0 Å². The van der Waals surface area contributed by atoms with Crippen LogP contribution in [0.5, 0.6) is 0 Å². The Bertz CT molecular complexity index is 258. The van der Waals surface area contributed by atoms with Crippen molar-refractivity contribution in [2.45, 2.75) is 11.8 Å². The average Bonchev–Trinajstić information content (AvgIpc) is 2.07. The van der Waals surface area contributed by atoms with Gasteiger partial charge in [-0.2, -0.15) is 0 Å². The topological polar surface area (TPSA) is 0 Å². The Morgan fingerprint density at radius 3 is 2.33 bits per heavy atom. The first-order chi connectivity index (χ1) is 5.36. The number of thioether (sulfide) groups is 1. The van der Waals surface area contributed by atoms with Gasteiger partial charge in [-0.15, -0.1) is 29.5 Å². The SMILES string of the molecule is [C-]#Cc1ccc(SCC)cc1.[Li+]. The minimum atomic E-state index is 0. The van der Waals surface area contributed by atoms with Crippen LogP contribution in [0.25, 0.3) is 0 Å². The van der Waals surface area contributed by atoms with Gasteiger partial charge in [-0.3, -0.25) is 5.92 Å². The Balaban J connectivity index is 0.00000121. The molecule has 0 aromatic heterocycles. The van der Waals surface area contributed by atoms with Gasteiger partial charge in [0.25, 0.3) is 0 Å². The molecule has 56 valence electrons. The number of rotatable bonds is 2. The Morgan fingerprint density at radius 2 is 1.92 bits per heavy atom. The van der Waals surface area contributed by atoms with Crippen LogP contribution in [0.3, 0.4) is 0 Å². The molecule has 0 aliphatic carbocycles. The molecule has 0 fully saturated rings. The van der Waals surface area contributed by atoms with Gasteiger partial charge in [-0.05, 0) is 5.75 Å². The zero-order chi connectivity index (χ0) is 8.10. The summed E-state index contributed by atoms with van der Waals surface area (Å²) in [6.07, 6.45) is 6.86. The zero-order valence-electron chi connectivity index (χ0n) is 7.42. The summed E-state index contributed by atoms with van der Waals surface area (Å²) in [5, 5.41) is 0. The fourth-order valence-corrected chi connectivity index (χ4v) is 1.46. The summed E-state index contributed by atoms with van der Waals surface area (Å²) in [6.45, 7) is 2.13. The van der Waals surface area contributed by atoms with Crippen LogP contribution >= 0.6 is 11.8 Å². The fourth-order valence-electron chi connectivity index (χ4n) is 0.801. The number of benzene rings is 1. The first kappa shape index (κ1) is 11.7. The van der Waals surface area contributed by atoms with Crippen molar-refractivity contribution in [1.29, 1.82) is 0 Å². The van der Waals surface area contributed by atoms with E-state index in [9.17, 15) is 0 Å². The van der Waals surface area contributed by atoms with Gasteiger partial charge in [0.2, 0.25) is 0 Å². The molecule has 0 aliphatic rings. The molecule has 0 atom stereocenters. The fraction of sp³-hybridized carbons (Fsp3) is 0.200. The third-order valence-electron chi connectivity index (χ3n) is 1.31. The number of hydrogen-bond donors (Lipinski definition) is 0. The predicted octanol–water partition coefficient (Wildman–Crippen LogP) is -0.260. The Labute approximate surface area is 90.3 Å². The first-order valence-electron chi connectivity index (χ1n) is 3.52. The van der Waals surface area contributed by atoms with E-state index in [1.807, 2.05) is 24.3 Å². The van der Waals surface area contributed by atoms with Gasteiger partial charge < -0.3 is 6.42 Å². The maximum absolute atomic E-state index is 6.86. The second kappa shape index (κ2) is 6.27. The Kier molecular flexibility index (Phi) is 6.12. The molecule has 12 heavy (non-hydrogen) atoms. The van der Waals surface area contributed by atoms with Gasteiger partial charge in [0.15, 0.2) is 0 Å². The van der Waals surface area contributed by atoms with E-state index in [0.29, 0.717) is 0 Å². The van der Waals surface area contributed by atoms with Crippen LogP contribution in [-0.4, -0.2) is 5.75 Å². The van der Waals surface area contributed by atoms with Crippen molar-refractivity contribution in [2.24, 2.45) is 0 Å². The summed E-state index contributed by atoms with van der Waals surface area (Å²) in [4.78, 5) is 1.26. The third kappa shape index (κ3) is 3.42. The van der Waals surface area contributed by atoms with Gasteiger partial charge in [0.1, 0.15) is 0 Å². The molecule has 0 bridgehead atoms. The molecule has 1 aromatic rings. The minimum Gasteiger partial charge on any atom is -0.366 e. The smallest absolute Gasteiger partial charge is 0.366 e. The van der Waals surface area contributed by atoms with E-state index in [0.717, 1.165) is 11.3 Å². The molecule has 0 saturated carbocycles. The van der Waals surface area contributed by atoms with Gasteiger partial charge in [0, 0.05) is 4.90 Å². The molecule has 0 spiro atoms. The van der Waals surface area contributed by atoms with Crippen LogP contribution in [-0.2, 0) is 0 Å². The van der Waals surface area contributed by atoms with Gasteiger partial charge in [-0.25, -0.2) is 0 Å². The van der Waals surface area contributed by atoms with Crippen LogP contribution in [0.2, 0.25) is 0 Å². The van der Waals surface area contributed by atoms with Crippen molar-refractivity contribution >= 4 is 11.8 Å². The average molecular weight is 168 g/mol. The van der Waals surface area contributed by atoms with Crippen LogP contribution < -0.4 is 18.9 Å². The molecular formula is C10H9LiS. The van der Waals surface area contributed by atoms with Gasteiger partial charge in [0.05, 0.1) is 0 Å². The molecule has 0 N–H and O–H groups in total. The second-order valence-electron chi connectivity index (χ2n) is 2.08. The maximum Gasteiger partial charge on any atom is 1.00 e. The molecule has 0 heterocycles. The van der Waals surface area contributed by atoms with Crippen molar-refractivity contribution in [2.75, 3.05) is 5.75 Å². The molecule has 1 aromatic carbocycles. The summed E-state index contributed by atoms with van der Waals surface area (Å²) in [6, 6.07) is 7.85. The first-order valence-corrected chi connectivity index (χ1v) is 4.51. The molecular weight excluding hydrogens is 159 g/mol. The van der Waals surface area contributed by atoms with E-state index in [4.69, 9.17) is 6.42 Å². The predicted molar refractivity (Wildman–Crippen MR) is 49.1 cm³/mol. The summed E-state index contributed by atoms with van der Waals surface area (Å²) >= 11 is 1.81. The Hall–Kier alpha value is -0.273. The molecule has 1 rings (SSSR count). The van der Waals surface area contributed by atoms with Crippen LogP contribution in [0.1, 0.15) is 12.5 Å². The molecule has 0 aliphatic heterocycles. The molecule has 0 amide bonds. The van der Waals surface area contributed by atoms with E-state index in [-0.39, 0.29) is 18.9 Å². The third-order valence-corrected chi connectivity index (χ3v) is 2.20. The van der Waals surface area contributed by atoms with Crippen LogP contribution in [0.15, 0.2) is 29.2 Å². The summed E-state index contributed by atoms with van der Waals surface area (Å²) < 4.78 is 0. The molecule has 0 saturated heterocycles. The van der Waals surface area contributed by atoms with Crippen molar-refractivity contribution in [3.05, 3.63) is 36.3 Å². The largest absolute Gasteiger partial charge is 1.00 e. The van der Waals surface area contributed by atoms with Crippen molar-refractivity contribution in [1.82, 2.24) is 0 Å². The van der Waals surface area contributed by atoms with Gasteiger partial charge >= 0.3 is 18.9 Å². The summed E-state index contributed by atoms with van der Waals surface area (Å²) in [7, 11) is 0. The van der Waals surface area contributed by atoms with Crippen molar-refractivity contribution in [3.8, 4) is 5.92 Å². The van der Waals surface area contributed by atoms with Crippen LogP contribution in [0, 0.1) is 12.3 Å². The van der Waals surface area contributed by atoms with Gasteiger partial charge in [-0.1, -0.05) is 19.1 Å². The Morgan fingerprint density at radius 1 is 1.33 bits per heavy atom. The zero-order valence-corrected chi connectivity index (χ0v) is 8.24. The summed E-state index contributed by atoms with van der Waals surface area (Å²) in [5.41, 5.74) is 0.838. The van der Waals surface area contributed by atoms with Crippen LogP contribution in [0.4, 0.5) is 0 Å². The summed E-state index contributed by atoms with van der Waals surface area (Å²) in [5.74, 6) is 3.43. The van der Waals surface area contributed by atoms with E-state index in [2.05, 4.69) is 12.8 Å². The second-order valence-corrected chi connectivity index (χ2v) is 3.42.